The van der Waals surface area contributed by atoms with Crippen molar-refractivity contribution in [3.05, 3.63) is 59.2 Å². The Hall–Kier alpha value is -1.70. The molecule has 1 unspecified atom stereocenters. The van der Waals surface area contributed by atoms with E-state index in [0.717, 1.165) is 27.7 Å². The minimum Gasteiger partial charge on any atom is -0.491 e. The zero-order valence-corrected chi connectivity index (χ0v) is 14.9. The van der Waals surface area contributed by atoms with Gasteiger partial charge in [0.15, 0.2) is 5.52 Å². The molecular weight excluding hydrogens is 307 g/mol. The molecule has 2 aromatic rings. The first kappa shape index (κ1) is 17.7. The van der Waals surface area contributed by atoms with Gasteiger partial charge in [-0.25, -0.2) is 0 Å². The molecule has 0 aliphatic carbocycles. The second-order valence-corrected chi connectivity index (χ2v) is 6.57. The topological polar surface area (TPSA) is 35.5 Å². The molecule has 0 saturated carbocycles. The van der Waals surface area contributed by atoms with E-state index in [9.17, 15) is 4.79 Å². The van der Waals surface area contributed by atoms with Crippen LogP contribution in [0, 0.1) is 13.8 Å². The molecule has 0 aliphatic rings. The van der Waals surface area contributed by atoms with Crippen molar-refractivity contribution in [3.8, 4) is 5.75 Å². The molecule has 0 N–H and O–H groups in total. The standard InChI is InChI=1S/C19H23O3P/c1-4-21-12-13-22-16-8-10-17(11-9-16)23-19(20)18-14(2)6-5-7-15(18)3/h5-11,23H,4,12-13H2,1-3H3. The van der Waals surface area contributed by atoms with Gasteiger partial charge in [-0.05, 0) is 57.9 Å². The SMILES string of the molecule is CCOCCOc1ccc(PC(=O)c2c(C)cccc2C)cc1. The first-order valence-electron chi connectivity index (χ1n) is 7.80. The first-order valence-corrected chi connectivity index (χ1v) is 8.80. The number of benzene rings is 2. The predicted molar refractivity (Wildman–Crippen MR) is 96.6 cm³/mol. The van der Waals surface area contributed by atoms with E-state index in [-0.39, 0.29) is 14.1 Å². The third kappa shape index (κ3) is 5.16. The van der Waals surface area contributed by atoms with Crippen molar-refractivity contribution < 1.29 is 14.3 Å². The molecule has 0 radical (unpaired) electrons. The average molecular weight is 330 g/mol. The molecular formula is C19H23O3P. The van der Waals surface area contributed by atoms with E-state index in [2.05, 4.69) is 0 Å². The molecule has 23 heavy (non-hydrogen) atoms. The van der Waals surface area contributed by atoms with Crippen LogP contribution >= 0.6 is 8.58 Å². The Morgan fingerprint density at radius 3 is 2.26 bits per heavy atom. The van der Waals surface area contributed by atoms with Crippen molar-refractivity contribution in [2.24, 2.45) is 0 Å². The summed E-state index contributed by atoms with van der Waals surface area (Å²) in [5, 5.41) is 1.02. The number of aryl methyl sites for hydroxylation is 2. The van der Waals surface area contributed by atoms with E-state index in [1.807, 2.05) is 63.2 Å². The van der Waals surface area contributed by atoms with Crippen LogP contribution in [0.15, 0.2) is 42.5 Å². The van der Waals surface area contributed by atoms with E-state index in [0.29, 0.717) is 19.8 Å². The summed E-state index contributed by atoms with van der Waals surface area (Å²) in [5.74, 6) is 0.803. The molecule has 0 saturated heterocycles. The van der Waals surface area contributed by atoms with Crippen molar-refractivity contribution in [1.29, 1.82) is 0 Å². The normalized spacial score (nSPS) is 11.1. The first-order chi connectivity index (χ1) is 11.1. The number of hydrogen-bond acceptors (Lipinski definition) is 3. The van der Waals surface area contributed by atoms with Crippen molar-refractivity contribution in [1.82, 2.24) is 0 Å². The molecule has 4 heteroatoms. The fourth-order valence-corrected chi connectivity index (χ4v) is 3.48. The van der Waals surface area contributed by atoms with Gasteiger partial charge in [-0.3, -0.25) is 4.79 Å². The summed E-state index contributed by atoms with van der Waals surface area (Å²) in [6.07, 6.45) is 0. The van der Waals surface area contributed by atoms with Gasteiger partial charge in [0.25, 0.3) is 0 Å². The maximum Gasteiger partial charge on any atom is 0.186 e. The lowest BCUT2D eigenvalue weighted by atomic mass is 10.0. The molecule has 0 bridgehead atoms. The Morgan fingerprint density at radius 1 is 1.00 bits per heavy atom. The number of rotatable bonds is 8. The van der Waals surface area contributed by atoms with Crippen LogP contribution in [0.3, 0.4) is 0 Å². The summed E-state index contributed by atoms with van der Waals surface area (Å²) in [6.45, 7) is 7.76. The second-order valence-electron chi connectivity index (χ2n) is 5.29. The molecule has 122 valence electrons. The van der Waals surface area contributed by atoms with Crippen LogP contribution in [0.5, 0.6) is 5.75 Å². The summed E-state index contributed by atoms with van der Waals surface area (Å²) >= 11 is 0. The average Bonchev–Trinajstić information content (AvgIpc) is 2.53. The maximum atomic E-state index is 12.5. The molecule has 1 atom stereocenters. The summed E-state index contributed by atoms with van der Waals surface area (Å²) in [5.41, 5.74) is 3.12. The van der Waals surface area contributed by atoms with Crippen molar-refractivity contribution in [3.63, 3.8) is 0 Å². The number of hydrogen-bond donors (Lipinski definition) is 0. The summed E-state index contributed by atoms with van der Waals surface area (Å²) in [6, 6.07) is 13.7. The van der Waals surface area contributed by atoms with Gasteiger partial charge in [0.1, 0.15) is 12.4 Å². The molecule has 0 aliphatic heterocycles. The Labute approximate surface area is 139 Å². The predicted octanol–water partition coefficient (Wildman–Crippen LogP) is 3.86. The van der Waals surface area contributed by atoms with Crippen LogP contribution < -0.4 is 10.0 Å². The molecule has 0 aromatic heterocycles. The highest BCUT2D eigenvalue weighted by molar-refractivity contribution is 7.66. The molecule has 2 aromatic carbocycles. The molecule has 2 rings (SSSR count). The third-order valence-electron chi connectivity index (χ3n) is 3.52. The van der Waals surface area contributed by atoms with E-state index in [1.165, 1.54) is 0 Å². The zero-order valence-electron chi connectivity index (χ0n) is 13.9. The number of ether oxygens (including phenoxy) is 2. The highest BCUT2D eigenvalue weighted by atomic mass is 31.1. The van der Waals surface area contributed by atoms with Crippen LogP contribution in [-0.2, 0) is 4.74 Å². The monoisotopic (exact) mass is 330 g/mol. The lowest BCUT2D eigenvalue weighted by molar-refractivity contribution is 0.108. The number of carbonyl (C=O) groups is 1. The lowest BCUT2D eigenvalue weighted by Gasteiger charge is -2.10. The van der Waals surface area contributed by atoms with E-state index < -0.39 is 0 Å². The van der Waals surface area contributed by atoms with Crippen molar-refractivity contribution in [2.75, 3.05) is 19.8 Å². The quantitative estimate of drug-likeness (QED) is 0.544. The fraction of sp³-hybridized carbons (Fsp3) is 0.316. The Balaban J connectivity index is 1.96. The molecule has 0 fully saturated rings. The van der Waals surface area contributed by atoms with Gasteiger partial charge in [0.05, 0.1) is 6.61 Å². The van der Waals surface area contributed by atoms with Crippen LogP contribution in [0.25, 0.3) is 0 Å². The van der Waals surface area contributed by atoms with Gasteiger partial charge in [-0.2, -0.15) is 0 Å². The van der Waals surface area contributed by atoms with E-state index in [4.69, 9.17) is 9.47 Å². The second kappa shape index (κ2) is 8.81. The molecule has 0 heterocycles. The summed E-state index contributed by atoms with van der Waals surface area (Å²) in [7, 11) is 0.128. The van der Waals surface area contributed by atoms with E-state index >= 15 is 0 Å². The van der Waals surface area contributed by atoms with Gasteiger partial charge in [0.2, 0.25) is 0 Å². The number of carbonyl (C=O) groups excluding carboxylic acids is 1. The largest absolute Gasteiger partial charge is 0.491 e. The van der Waals surface area contributed by atoms with Gasteiger partial charge in [-0.15, -0.1) is 0 Å². The van der Waals surface area contributed by atoms with Crippen molar-refractivity contribution in [2.45, 2.75) is 20.8 Å². The Bertz CT molecular complexity index is 630. The summed E-state index contributed by atoms with van der Waals surface area (Å²) < 4.78 is 10.8. The van der Waals surface area contributed by atoms with Gasteiger partial charge in [-0.1, -0.05) is 30.3 Å². The third-order valence-corrected chi connectivity index (χ3v) is 4.62. The fourth-order valence-electron chi connectivity index (χ4n) is 2.36. The van der Waals surface area contributed by atoms with Crippen LogP contribution in [0.1, 0.15) is 28.4 Å². The van der Waals surface area contributed by atoms with Gasteiger partial charge >= 0.3 is 0 Å². The Kier molecular flexibility index (Phi) is 6.76. The Morgan fingerprint density at radius 2 is 1.65 bits per heavy atom. The molecule has 3 nitrogen and oxygen atoms in total. The lowest BCUT2D eigenvalue weighted by Crippen LogP contribution is -2.07. The van der Waals surface area contributed by atoms with Gasteiger partial charge in [0, 0.05) is 12.2 Å². The maximum absolute atomic E-state index is 12.5. The highest BCUT2D eigenvalue weighted by Gasteiger charge is 2.12. The van der Waals surface area contributed by atoms with Crippen LogP contribution in [0.4, 0.5) is 0 Å². The van der Waals surface area contributed by atoms with Crippen LogP contribution in [0.2, 0.25) is 0 Å². The molecule has 0 amide bonds. The highest BCUT2D eigenvalue weighted by Crippen LogP contribution is 2.24. The van der Waals surface area contributed by atoms with Gasteiger partial charge < -0.3 is 9.47 Å². The minimum atomic E-state index is 0.128. The smallest absolute Gasteiger partial charge is 0.186 e. The minimum absolute atomic E-state index is 0.128. The summed E-state index contributed by atoms with van der Waals surface area (Å²) in [4.78, 5) is 12.5. The van der Waals surface area contributed by atoms with Crippen LogP contribution in [-0.4, -0.2) is 25.3 Å². The van der Waals surface area contributed by atoms with Crippen molar-refractivity contribution >= 4 is 19.4 Å². The zero-order chi connectivity index (χ0) is 16.7. The molecule has 0 spiro atoms. The van der Waals surface area contributed by atoms with E-state index in [1.54, 1.807) is 0 Å².